The molecular weight excluding hydrogens is 705 g/mol. The van der Waals surface area contributed by atoms with Gasteiger partial charge in [0.2, 0.25) is 21.8 Å². The van der Waals surface area contributed by atoms with Gasteiger partial charge in [-0.2, -0.15) is 17.7 Å². The highest BCUT2D eigenvalue weighted by molar-refractivity contribution is 7.89. The van der Waals surface area contributed by atoms with Gasteiger partial charge >= 0.3 is 0 Å². The fourth-order valence-corrected chi connectivity index (χ4v) is 5.76. The molecule has 2 aromatic carbocycles. The van der Waals surface area contributed by atoms with E-state index in [2.05, 4.69) is 45.6 Å². The molecule has 14 nitrogen and oxygen atoms in total. The third-order valence-corrected chi connectivity index (χ3v) is 9.41. The van der Waals surface area contributed by atoms with Crippen molar-refractivity contribution in [2.75, 3.05) is 31.9 Å². The Balaban J connectivity index is 1.32. The van der Waals surface area contributed by atoms with Crippen LogP contribution < -0.4 is 32.1 Å². The molecule has 0 aliphatic rings. The van der Waals surface area contributed by atoms with E-state index in [9.17, 15) is 27.6 Å². The summed E-state index contributed by atoms with van der Waals surface area (Å²) in [5.41, 5.74) is 9.94. The molecule has 0 aliphatic carbocycles. The number of aromatic nitrogens is 2. The number of Topliss-reactive ketones (excluding diaryl/α,β-unsaturated/α-hetero) is 1. The number of rotatable bonds is 23. The van der Waals surface area contributed by atoms with Gasteiger partial charge in [0.25, 0.3) is 5.91 Å². The molecule has 282 valence electrons. The molecule has 0 fully saturated rings. The molecule has 3 rings (SSSR count). The van der Waals surface area contributed by atoms with E-state index in [-0.39, 0.29) is 59.5 Å². The van der Waals surface area contributed by atoms with E-state index < -0.39 is 16.1 Å². The summed E-state index contributed by atoms with van der Waals surface area (Å²) >= 11 is 3.86. The standard InChI is InChI=1S/C36H50N8O6S2/c1-25-11-13-27(14-12-25)32-20-31(43-44(32)28-15-17-29(18-16-28)52(38,49)50)36(48)39-19-9-7-5-3-4-6-8-10-30(37)33(45)22-42-34(46)23-40-26(2)21-41-35(47)24-51/h11-18,20,30,40,51H,2-10,19,21-24,37H2,1H3,(H,39,48)(H,41,47)(H,42,46)(H2,38,49,50). The number of sulfonamides is 1. The Hall–Kier alpha value is -4.51. The normalized spacial score (nSPS) is 11.8. The molecule has 0 saturated heterocycles. The number of carbonyl (C=O) groups excluding carboxylic acids is 4. The van der Waals surface area contributed by atoms with Gasteiger partial charge in [0, 0.05) is 17.8 Å². The van der Waals surface area contributed by atoms with E-state index in [0.29, 0.717) is 30.0 Å². The minimum Gasteiger partial charge on any atom is -0.379 e. The molecule has 0 radical (unpaired) electrons. The average Bonchev–Trinajstić information content (AvgIpc) is 3.58. The number of nitrogens with two attached hydrogens (primary N) is 2. The van der Waals surface area contributed by atoms with Crippen LogP contribution in [0.4, 0.5) is 0 Å². The van der Waals surface area contributed by atoms with E-state index >= 15 is 0 Å². The van der Waals surface area contributed by atoms with Crippen molar-refractivity contribution in [1.29, 1.82) is 0 Å². The molecule has 1 aromatic heterocycles. The number of nitrogens with zero attached hydrogens (tertiary/aromatic N) is 2. The van der Waals surface area contributed by atoms with Crippen LogP contribution in [0, 0.1) is 6.92 Å². The predicted molar refractivity (Wildman–Crippen MR) is 204 cm³/mol. The number of nitrogens with one attached hydrogen (secondary N) is 4. The molecule has 0 aliphatic heterocycles. The number of thiol groups is 1. The lowest BCUT2D eigenvalue weighted by Gasteiger charge is -2.13. The fourth-order valence-electron chi connectivity index (χ4n) is 5.13. The summed E-state index contributed by atoms with van der Waals surface area (Å²) in [4.78, 5) is 48.5. The highest BCUT2D eigenvalue weighted by atomic mass is 32.2. The fraction of sp³-hybridized carbons (Fsp3) is 0.417. The second-order valence-corrected chi connectivity index (χ2v) is 14.4. The van der Waals surface area contributed by atoms with E-state index in [1.807, 2.05) is 31.2 Å². The van der Waals surface area contributed by atoms with Crippen LogP contribution in [0.25, 0.3) is 16.9 Å². The zero-order valence-electron chi connectivity index (χ0n) is 29.5. The highest BCUT2D eigenvalue weighted by Gasteiger charge is 2.18. The van der Waals surface area contributed by atoms with Gasteiger partial charge in [0.05, 0.1) is 47.7 Å². The van der Waals surface area contributed by atoms with Crippen LogP contribution in [0.2, 0.25) is 0 Å². The first-order chi connectivity index (χ1) is 24.8. The Morgan fingerprint density at radius 3 is 2.08 bits per heavy atom. The second kappa shape index (κ2) is 21.1. The van der Waals surface area contributed by atoms with Crippen LogP contribution in [-0.4, -0.2) is 79.7 Å². The number of unbranched alkanes of at least 4 members (excludes halogenated alkanes) is 6. The van der Waals surface area contributed by atoms with Crippen molar-refractivity contribution in [2.24, 2.45) is 10.9 Å². The monoisotopic (exact) mass is 754 g/mol. The second-order valence-electron chi connectivity index (χ2n) is 12.5. The molecule has 0 bridgehead atoms. The van der Waals surface area contributed by atoms with E-state index in [4.69, 9.17) is 10.9 Å². The number of ketones is 1. The van der Waals surface area contributed by atoms with Crippen molar-refractivity contribution in [2.45, 2.75) is 69.2 Å². The molecule has 3 amide bonds. The summed E-state index contributed by atoms with van der Waals surface area (Å²) in [6.45, 7) is 6.17. The number of hydrogen-bond acceptors (Lipinski definition) is 10. The maximum Gasteiger partial charge on any atom is 0.271 e. The Morgan fingerprint density at radius 2 is 1.44 bits per heavy atom. The van der Waals surface area contributed by atoms with E-state index in [1.165, 1.54) is 12.1 Å². The van der Waals surface area contributed by atoms with Crippen molar-refractivity contribution in [3.05, 3.63) is 78.1 Å². The average molecular weight is 755 g/mol. The maximum absolute atomic E-state index is 13.0. The maximum atomic E-state index is 13.0. The number of amides is 3. The molecule has 52 heavy (non-hydrogen) atoms. The molecular formula is C36H50N8O6S2. The van der Waals surface area contributed by atoms with Gasteiger partial charge in [-0.3, -0.25) is 19.2 Å². The lowest BCUT2D eigenvalue weighted by molar-refractivity contribution is -0.125. The third-order valence-electron chi connectivity index (χ3n) is 8.19. The van der Waals surface area contributed by atoms with Gasteiger partial charge in [-0.1, -0.05) is 74.9 Å². The van der Waals surface area contributed by atoms with Gasteiger partial charge in [0.15, 0.2) is 11.5 Å². The third kappa shape index (κ3) is 14.3. The first-order valence-corrected chi connectivity index (χ1v) is 19.4. The largest absolute Gasteiger partial charge is 0.379 e. The Morgan fingerprint density at radius 1 is 0.827 bits per heavy atom. The number of carbonyl (C=O) groups is 4. The molecule has 1 heterocycles. The van der Waals surface area contributed by atoms with Crippen molar-refractivity contribution >= 4 is 46.2 Å². The first kappa shape index (κ1) is 41.9. The van der Waals surface area contributed by atoms with Crippen LogP contribution in [0.5, 0.6) is 0 Å². The SMILES string of the molecule is C=C(CNC(=O)CS)NCC(=O)NCC(=O)C(N)CCCCCCCCCNC(=O)c1cc(-c2ccc(C)cc2)n(-c2ccc(S(N)(=O)=O)cc2)n1. The molecule has 1 atom stereocenters. The minimum atomic E-state index is -3.85. The number of benzene rings is 2. The van der Waals surface area contributed by atoms with E-state index in [0.717, 1.165) is 56.1 Å². The minimum absolute atomic E-state index is 0.0159. The van der Waals surface area contributed by atoms with Crippen LogP contribution in [0.15, 0.2) is 71.8 Å². The summed E-state index contributed by atoms with van der Waals surface area (Å²) in [6, 6.07) is 14.9. The molecule has 0 saturated carbocycles. The Labute approximate surface area is 311 Å². The summed E-state index contributed by atoms with van der Waals surface area (Å²) in [6.07, 6.45) is 7.10. The summed E-state index contributed by atoms with van der Waals surface area (Å²) in [5.74, 6) is -1.09. The van der Waals surface area contributed by atoms with Crippen LogP contribution in [-0.2, 0) is 24.4 Å². The van der Waals surface area contributed by atoms with Crippen molar-refractivity contribution in [3.8, 4) is 16.9 Å². The van der Waals surface area contributed by atoms with Crippen LogP contribution >= 0.6 is 12.6 Å². The highest BCUT2D eigenvalue weighted by Crippen LogP contribution is 2.25. The Bertz CT molecular complexity index is 1780. The predicted octanol–water partition coefficient (Wildman–Crippen LogP) is 2.51. The summed E-state index contributed by atoms with van der Waals surface area (Å²) in [7, 11) is -3.85. The quantitative estimate of drug-likeness (QED) is 0.0558. The molecule has 16 heteroatoms. The zero-order chi connectivity index (χ0) is 38.1. The molecule has 0 spiro atoms. The summed E-state index contributed by atoms with van der Waals surface area (Å²) in [5, 5.41) is 20.7. The molecule has 3 aromatic rings. The van der Waals surface area contributed by atoms with Gasteiger partial charge in [0.1, 0.15) is 0 Å². The van der Waals surface area contributed by atoms with Gasteiger partial charge in [-0.25, -0.2) is 18.2 Å². The van der Waals surface area contributed by atoms with Gasteiger partial charge < -0.3 is 27.0 Å². The van der Waals surface area contributed by atoms with Gasteiger partial charge in [-0.15, -0.1) is 0 Å². The number of hydrogen-bond donors (Lipinski definition) is 7. The first-order valence-electron chi connectivity index (χ1n) is 17.2. The van der Waals surface area contributed by atoms with Crippen molar-refractivity contribution < 1.29 is 27.6 Å². The lowest BCUT2D eigenvalue weighted by atomic mass is 10.0. The summed E-state index contributed by atoms with van der Waals surface area (Å²) < 4.78 is 25.1. The smallest absolute Gasteiger partial charge is 0.271 e. The Kier molecular flexibility index (Phi) is 17.0. The van der Waals surface area contributed by atoms with E-state index in [1.54, 1.807) is 22.9 Å². The van der Waals surface area contributed by atoms with Crippen LogP contribution in [0.1, 0.15) is 67.4 Å². The van der Waals surface area contributed by atoms with Crippen molar-refractivity contribution in [1.82, 2.24) is 31.0 Å². The lowest BCUT2D eigenvalue weighted by Crippen LogP contribution is -2.42. The zero-order valence-corrected chi connectivity index (χ0v) is 31.2. The topological polar surface area (TPSA) is 220 Å². The molecule has 8 N–H and O–H groups in total. The number of aryl methyl sites for hydroxylation is 1. The van der Waals surface area contributed by atoms with Gasteiger partial charge in [-0.05, 0) is 50.1 Å². The molecule has 1 unspecified atom stereocenters. The van der Waals surface area contributed by atoms with Crippen LogP contribution in [0.3, 0.4) is 0 Å². The number of primary sulfonamides is 1. The van der Waals surface area contributed by atoms with Crippen molar-refractivity contribution in [3.63, 3.8) is 0 Å².